The number of rotatable bonds is 4. The summed E-state index contributed by atoms with van der Waals surface area (Å²) < 4.78 is 31.3. The number of ether oxygens (including phenoxy) is 1. The van der Waals surface area contributed by atoms with Gasteiger partial charge in [0.25, 0.3) is 0 Å². The van der Waals surface area contributed by atoms with Crippen molar-refractivity contribution in [2.45, 2.75) is 16.7 Å². The average molecular weight is 281 g/mol. The van der Waals surface area contributed by atoms with Crippen molar-refractivity contribution in [1.82, 2.24) is 0 Å². The normalized spacial score (nSPS) is 10.5. The van der Waals surface area contributed by atoms with Crippen molar-refractivity contribution in [2.75, 3.05) is 12.3 Å². The third kappa shape index (κ3) is 3.38. The molecule has 2 rings (SSSR count). The van der Waals surface area contributed by atoms with Crippen LogP contribution in [-0.4, -0.2) is 6.61 Å². The third-order valence-electron chi connectivity index (χ3n) is 2.41. The maximum atomic E-state index is 13.1. The molecule has 0 spiro atoms. The maximum Gasteiger partial charge on any atom is 0.159 e. The average Bonchev–Trinajstić information content (AvgIpc) is 2.38. The van der Waals surface area contributed by atoms with E-state index in [1.807, 2.05) is 13.0 Å². The molecular weight excluding hydrogens is 268 g/mol. The molecular formula is C14H13F2NOS. The minimum absolute atomic E-state index is 0.517. The topological polar surface area (TPSA) is 35.2 Å². The van der Waals surface area contributed by atoms with Crippen molar-refractivity contribution in [2.24, 2.45) is 0 Å². The van der Waals surface area contributed by atoms with Gasteiger partial charge in [0.05, 0.1) is 12.3 Å². The Morgan fingerprint density at radius 1 is 1.05 bits per heavy atom. The van der Waals surface area contributed by atoms with Crippen LogP contribution in [0.3, 0.4) is 0 Å². The Morgan fingerprint density at radius 3 is 2.42 bits per heavy atom. The van der Waals surface area contributed by atoms with Crippen LogP contribution in [0.5, 0.6) is 5.75 Å². The summed E-state index contributed by atoms with van der Waals surface area (Å²) in [5, 5.41) is 0. The highest BCUT2D eigenvalue weighted by Crippen LogP contribution is 2.33. The second kappa shape index (κ2) is 5.93. The second-order valence-corrected chi connectivity index (χ2v) is 4.96. The number of hydrogen-bond donors (Lipinski definition) is 1. The van der Waals surface area contributed by atoms with Crippen LogP contribution < -0.4 is 10.5 Å². The number of halogens is 2. The van der Waals surface area contributed by atoms with Gasteiger partial charge in [0.1, 0.15) is 5.75 Å². The molecule has 0 heterocycles. The van der Waals surface area contributed by atoms with Gasteiger partial charge in [-0.15, -0.1) is 0 Å². The lowest BCUT2D eigenvalue weighted by Gasteiger charge is -2.09. The molecule has 2 aromatic carbocycles. The van der Waals surface area contributed by atoms with Crippen molar-refractivity contribution < 1.29 is 13.5 Å². The van der Waals surface area contributed by atoms with E-state index in [2.05, 4.69) is 0 Å². The van der Waals surface area contributed by atoms with Gasteiger partial charge in [-0.3, -0.25) is 0 Å². The highest BCUT2D eigenvalue weighted by molar-refractivity contribution is 7.99. The van der Waals surface area contributed by atoms with Crippen LogP contribution in [0.15, 0.2) is 46.2 Å². The van der Waals surface area contributed by atoms with Crippen molar-refractivity contribution >= 4 is 17.4 Å². The molecule has 0 radical (unpaired) electrons. The van der Waals surface area contributed by atoms with Gasteiger partial charge in [0.2, 0.25) is 0 Å². The van der Waals surface area contributed by atoms with E-state index in [9.17, 15) is 8.78 Å². The van der Waals surface area contributed by atoms with Gasteiger partial charge in [-0.2, -0.15) is 0 Å². The lowest BCUT2D eigenvalue weighted by Crippen LogP contribution is -1.96. The molecule has 0 saturated carbocycles. The van der Waals surface area contributed by atoms with Crippen LogP contribution in [0.1, 0.15) is 6.92 Å². The van der Waals surface area contributed by atoms with E-state index in [1.54, 1.807) is 12.1 Å². The molecule has 2 aromatic rings. The Bertz CT molecular complexity index is 590. The van der Waals surface area contributed by atoms with E-state index < -0.39 is 11.6 Å². The van der Waals surface area contributed by atoms with Crippen molar-refractivity contribution in [3.63, 3.8) is 0 Å². The van der Waals surface area contributed by atoms with Gasteiger partial charge < -0.3 is 10.5 Å². The smallest absolute Gasteiger partial charge is 0.159 e. The molecule has 0 amide bonds. The summed E-state index contributed by atoms with van der Waals surface area (Å²) in [7, 11) is 0. The van der Waals surface area contributed by atoms with Gasteiger partial charge in [0.15, 0.2) is 11.6 Å². The van der Waals surface area contributed by atoms with Crippen molar-refractivity contribution in [3.8, 4) is 5.75 Å². The largest absolute Gasteiger partial charge is 0.492 e. The fraction of sp³-hybridized carbons (Fsp3) is 0.143. The third-order valence-corrected chi connectivity index (χ3v) is 3.39. The Kier molecular flexibility index (Phi) is 4.27. The summed E-state index contributed by atoms with van der Waals surface area (Å²) in [5.41, 5.74) is 6.32. The summed E-state index contributed by atoms with van der Waals surface area (Å²) in [6.45, 7) is 2.39. The Hall–Kier alpha value is -1.75. The van der Waals surface area contributed by atoms with Gasteiger partial charge in [0, 0.05) is 9.79 Å². The molecule has 0 unspecified atom stereocenters. The number of nitrogen functional groups attached to an aromatic ring is 1. The summed E-state index contributed by atoms with van der Waals surface area (Å²) >= 11 is 1.32. The molecule has 2 N–H and O–H groups in total. The summed E-state index contributed by atoms with van der Waals surface area (Å²) in [5.74, 6) is -1.11. The molecule has 0 aliphatic heterocycles. The molecule has 2 nitrogen and oxygen atoms in total. The van der Waals surface area contributed by atoms with Crippen LogP contribution >= 0.6 is 11.8 Å². The molecule has 100 valence electrons. The first-order valence-electron chi connectivity index (χ1n) is 5.75. The lowest BCUT2D eigenvalue weighted by atomic mass is 10.3. The number of benzene rings is 2. The van der Waals surface area contributed by atoms with Crippen LogP contribution in [0.2, 0.25) is 0 Å². The lowest BCUT2D eigenvalue weighted by molar-refractivity contribution is 0.341. The number of anilines is 1. The maximum absolute atomic E-state index is 13.1. The second-order valence-electron chi connectivity index (χ2n) is 3.81. The van der Waals surface area contributed by atoms with E-state index in [1.165, 1.54) is 17.8 Å². The Labute approximate surface area is 114 Å². The highest BCUT2D eigenvalue weighted by Gasteiger charge is 2.06. The first kappa shape index (κ1) is 13.7. The highest BCUT2D eigenvalue weighted by atomic mass is 32.2. The number of hydrogen-bond acceptors (Lipinski definition) is 3. The number of nitrogens with two attached hydrogens (primary N) is 1. The zero-order valence-electron chi connectivity index (χ0n) is 10.3. The van der Waals surface area contributed by atoms with E-state index in [0.717, 1.165) is 17.0 Å². The molecule has 0 fully saturated rings. The molecule has 19 heavy (non-hydrogen) atoms. The first-order chi connectivity index (χ1) is 9.10. The predicted octanol–water partition coefficient (Wildman–Crippen LogP) is 4.10. The minimum Gasteiger partial charge on any atom is -0.492 e. The predicted molar refractivity (Wildman–Crippen MR) is 72.5 cm³/mol. The van der Waals surface area contributed by atoms with Crippen LogP contribution in [-0.2, 0) is 0 Å². The fourth-order valence-corrected chi connectivity index (χ4v) is 2.41. The van der Waals surface area contributed by atoms with Gasteiger partial charge in [-0.25, -0.2) is 8.78 Å². The van der Waals surface area contributed by atoms with Gasteiger partial charge in [-0.05, 0) is 43.3 Å². The van der Waals surface area contributed by atoms with E-state index in [4.69, 9.17) is 10.5 Å². The molecule has 0 saturated heterocycles. The molecule has 5 heteroatoms. The van der Waals surface area contributed by atoms with E-state index in [0.29, 0.717) is 22.9 Å². The van der Waals surface area contributed by atoms with Gasteiger partial charge in [-0.1, -0.05) is 11.8 Å². The minimum atomic E-state index is -0.856. The molecule has 0 bridgehead atoms. The fourth-order valence-electron chi connectivity index (χ4n) is 1.54. The Balaban J connectivity index is 2.22. The van der Waals surface area contributed by atoms with Crippen molar-refractivity contribution in [3.05, 3.63) is 48.0 Å². The summed E-state index contributed by atoms with van der Waals surface area (Å²) in [6.07, 6.45) is 0. The summed E-state index contributed by atoms with van der Waals surface area (Å²) in [4.78, 5) is 1.47. The summed E-state index contributed by atoms with van der Waals surface area (Å²) in [6, 6.07) is 9.12. The SMILES string of the molecule is CCOc1cc(Sc2ccc(F)c(F)c2)ccc1N. The van der Waals surface area contributed by atoms with Crippen LogP contribution in [0.25, 0.3) is 0 Å². The zero-order chi connectivity index (χ0) is 13.8. The van der Waals surface area contributed by atoms with Crippen LogP contribution in [0, 0.1) is 11.6 Å². The van der Waals surface area contributed by atoms with Crippen molar-refractivity contribution in [1.29, 1.82) is 0 Å². The van der Waals surface area contributed by atoms with E-state index in [-0.39, 0.29) is 0 Å². The zero-order valence-corrected chi connectivity index (χ0v) is 11.1. The molecule has 0 atom stereocenters. The molecule has 0 aliphatic rings. The molecule has 0 aliphatic carbocycles. The van der Waals surface area contributed by atoms with Gasteiger partial charge >= 0.3 is 0 Å². The molecule has 0 aromatic heterocycles. The van der Waals surface area contributed by atoms with Crippen LogP contribution in [0.4, 0.5) is 14.5 Å². The standard InChI is InChI=1S/C14H13F2NOS/c1-2-18-14-8-10(4-6-13(14)17)19-9-3-5-11(15)12(16)7-9/h3-8H,2,17H2,1H3. The van der Waals surface area contributed by atoms with E-state index >= 15 is 0 Å². The monoisotopic (exact) mass is 281 g/mol. The quantitative estimate of drug-likeness (QED) is 0.857. The Morgan fingerprint density at radius 2 is 1.74 bits per heavy atom. The first-order valence-corrected chi connectivity index (χ1v) is 6.57.